The second-order valence-corrected chi connectivity index (χ2v) is 9.05. The van der Waals surface area contributed by atoms with Gasteiger partial charge in [-0.3, -0.25) is 9.59 Å². The summed E-state index contributed by atoms with van der Waals surface area (Å²) < 4.78 is 11.1. The third kappa shape index (κ3) is 4.43. The summed E-state index contributed by atoms with van der Waals surface area (Å²) in [7, 11) is 0. The summed E-state index contributed by atoms with van der Waals surface area (Å²) in [5, 5.41) is 0. The van der Waals surface area contributed by atoms with E-state index in [0.29, 0.717) is 37.6 Å². The average molecular weight is 437 g/mol. The molecule has 0 saturated carbocycles. The normalized spacial score (nSPS) is 26.1. The van der Waals surface area contributed by atoms with Crippen molar-refractivity contribution in [2.45, 2.75) is 51.9 Å². The highest BCUT2D eigenvalue weighted by Gasteiger charge is 2.31. The van der Waals surface area contributed by atoms with Gasteiger partial charge in [0.1, 0.15) is 0 Å². The molecule has 4 rings (SSSR count). The Morgan fingerprint density at radius 2 is 0.875 bits per heavy atom. The van der Waals surface area contributed by atoms with Gasteiger partial charge in [-0.15, -0.1) is 0 Å². The number of nitrogens with zero attached hydrogens (tertiary/aromatic N) is 2. The standard InChI is InChI=1S/C26H32N2O4/c1-17-13-31-14-18(2)27(17)25(29)23-9-5-21(6-10-23)22-7-11-24(12-8-22)26(30)28-19(3)15-32-16-20(28)4/h5-12,17-20H,13-16H2,1-4H3. The quantitative estimate of drug-likeness (QED) is 0.733. The summed E-state index contributed by atoms with van der Waals surface area (Å²) in [6.45, 7) is 10.4. The molecule has 4 atom stereocenters. The second kappa shape index (κ2) is 9.43. The molecule has 6 heteroatoms. The van der Waals surface area contributed by atoms with Crippen LogP contribution in [0, 0.1) is 0 Å². The zero-order chi connectivity index (χ0) is 22.8. The molecular formula is C26H32N2O4. The molecule has 6 nitrogen and oxygen atoms in total. The SMILES string of the molecule is CC1COCC(C)N1C(=O)c1ccc(-c2ccc(C(=O)N3C(C)COCC3C)cc2)cc1. The molecule has 0 spiro atoms. The first-order valence-electron chi connectivity index (χ1n) is 11.4. The minimum atomic E-state index is 0.0366. The molecule has 2 amide bonds. The highest BCUT2D eigenvalue weighted by Crippen LogP contribution is 2.24. The fourth-order valence-corrected chi connectivity index (χ4v) is 4.72. The Morgan fingerprint density at radius 3 is 1.16 bits per heavy atom. The first kappa shape index (κ1) is 22.5. The van der Waals surface area contributed by atoms with Gasteiger partial charge in [-0.2, -0.15) is 0 Å². The summed E-state index contributed by atoms with van der Waals surface area (Å²) >= 11 is 0. The number of rotatable bonds is 3. The monoisotopic (exact) mass is 436 g/mol. The minimum absolute atomic E-state index is 0.0366. The van der Waals surface area contributed by atoms with Crippen LogP contribution in [0.1, 0.15) is 48.4 Å². The first-order chi connectivity index (χ1) is 15.4. The average Bonchev–Trinajstić information content (AvgIpc) is 2.79. The lowest BCUT2D eigenvalue weighted by molar-refractivity contribution is -0.0251. The van der Waals surface area contributed by atoms with Crippen molar-refractivity contribution in [2.75, 3.05) is 26.4 Å². The Balaban J connectivity index is 1.48. The number of amides is 2. The van der Waals surface area contributed by atoms with Crippen LogP contribution in [0.25, 0.3) is 11.1 Å². The summed E-state index contributed by atoms with van der Waals surface area (Å²) in [5.41, 5.74) is 3.38. The van der Waals surface area contributed by atoms with Gasteiger partial charge in [0, 0.05) is 11.1 Å². The lowest BCUT2D eigenvalue weighted by Gasteiger charge is -2.39. The van der Waals surface area contributed by atoms with Crippen molar-refractivity contribution in [3.05, 3.63) is 59.7 Å². The van der Waals surface area contributed by atoms with Gasteiger partial charge in [0.15, 0.2) is 0 Å². The van der Waals surface area contributed by atoms with Crippen LogP contribution in [-0.2, 0) is 9.47 Å². The Morgan fingerprint density at radius 1 is 0.594 bits per heavy atom. The van der Waals surface area contributed by atoms with Crippen LogP contribution < -0.4 is 0 Å². The molecule has 0 N–H and O–H groups in total. The number of carbonyl (C=O) groups is 2. The Kier molecular flexibility index (Phi) is 6.63. The molecule has 0 bridgehead atoms. The molecule has 4 unspecified atom stereocenters. The molecule has 2 aromatic carbocycles. The minimum Gasteiger partial charge on any atom is -0.377 e. The van der Waals surface area contributed by atoms with Crippen molar-refractivity contribution in [3.63, 3.8) is 0 Å². The van der Waals surface area contributed by atoms with E-state index in [1.807, 2.05) is 86.0 Å². The van der Waals surface area contributed by atoms with E-state index in [-0.39, 0.29) is 36.0 Å². The molecule has 0 aliphatic carbocycles. The van der Waals surface area contributed by atoms with Crippen molar-refractivity contribution in [1.29, 1.82) is 0 Å². The maximum Gasteiger partial charge on any atom is 0.254 e. The van der Waals surface area contributed by atoms with Gasteiger partial charge in [-0.25, -0.2) is 0 Å². The molecule has 0 radical (unpaired) electrons. The molecule has 32 heavy (non-hydrogen) atoms. The van der Waals surface area contributed by atoms with Crippen LogP contribution >= 0.6 is 0 Å². The second-order valence-electron chi connectivity index (χ2n) is 9.05. The van der Waals surface area contributed by atoms with Gasteiger partial charge < -0.3 is 19.3 Å². The van der Waals surface area contributed by atoms with Crippen molar-refractivity contribution < 1.29 is 19.1 Å². The molecule has 2 heterocycles. The number of carbonyl (C=O) groups excluding carboxylic acids is 2. The Labute approximate surface area is 190 Å². The molecular weight excluding hydrogens is 404 g/mol. The van der Waals surface area contributed by atoms with Crippen LogP contribution in [-0.4, -0.2) is 72.2 Å². The number of hydrogen-bond acceptors (Lipinski definition) is 4. The van der Waals surface area contributed by atoms with E-state index in [1.54, 1.807) is 0 Å². The van der Waals surface area contributed by atoms with Crippen molar-refractivity contribution >= 4 is 11.8 Å². The van der Waals surface area contributed by atoms with Crippen LogP contribution in [0.5, 0.6) is 0 Å². The zero-order valence-electron chi connectivity index (χ0n) is 19.3. The molecule has 2 aliphatic heterocycles. The van der Waals surface area contributed by atoms with E-state index < -0.39 is 0 Å². The molecule has 170 valence electrons. The number of benzene rings is 2. The molecule has 2 fully saturated rings. The number of hydrogen-bond donors (Lipinski definition) is 0. The van der Waals surface area contributed by atoms with E-state index in [4.69, 9.17) is 9.47 Å². The predicted molar refractivity (Wildman–Crippen MR) is 124 cm³/mol. The topological polar surface area (TPSA) is 59.1 Å². The fraction of sp³-hybridized carbons (Fsp3) is 0.462. The van der Waals surface area contributed by atoms with E-state index in [2.05, 4.69) is 0 Å². The summed E-state index contributed by atoms with van der Waals surface area (Å²) in [5.74, 6) is 0.0732. The maximum atomic E-state index is 13.0. The highest BCUT2D eigenvalue weighted by atomic mass is 16.5. The van der Waals surface area contributed by atoms with Crippen LogP contribution in [0.3, 0.4) is 0 Å². The van der Waals surface area contributed by atoms with Crippen molar-refractivity contribution in [1.82, 2.24) is 9.80 Å². The summed E-state index contributed by atoms with van der Waals surface area (Å²) in [6.07, 6.45) is 0. The van der Waals surface area contributed by atoms with Gasteiger partial charge in [0.05, 0.1) is 50.6 Å². The van der Waals surface area contributed by atoms with Gasteiger partial charge in [0.2, 0.25) is 0 Å². The number of ether oxygens (including phenoxy) is 2. The smallest absolute Gasteiger partial charge is 0.254 e. The van der Waals surface area contributed by atoms with E-state index >= 15 is 0 Å². The molecule has 2 saturated heterocycles. The van der Waals surface area contributed by atoms with Gasteiger partial charge in [0.25, 0.3) is 11.8 Å². The van der Waals surface area contributed by atoms with E-state index in [1.165, 1.54) is 0 Å². The molecule has 2 aliphatic rings. The Hall–Kier alpha value is -2.70. The first-order valence-corrected chi connectivity index (χ1v) is 11.4. The van der Waals surface area contributed by atoms with Gasteiger partial charge in [-0.05, 0) is 63.1 Å². The zero-order valence-corrected chi connectivity index (χ0v) is 19.3. The van der Waals surface area contributed by atoms with Crippen LogP contribution in [0.4, 0.5) is 0 Å². The number of morpholine rings is 2. The van der Waals surface area contributed by atoms with Crippen LogP contribution in [0.2, 0.25) is 0 Å². The van der Waals surface area contributed by atoms with E-state index in [9.17, 15) is 9.59 Å². The highest BCUT2D eigenvalue weighted by molar-refractivity contribution is 5.96. The predicted octanol–water partition coefficient (Wildman–Crippen LogP) is 3.85. The largest absolute Gasteiger partial charge is 0.377 e. The van der Waals surface area contributed by atoms with Crippen molar-refractivity contribution in [3.8, 4) is 11.1 Å². The summed E-state index contributed by atoms with van der Waals surface area (Å²) in [6, 6.07) is 15.6. The summed E-state index contributed by atoms with van der Waals surface area (Å²) in [4.78, 5) is 29.8. The molecule has 2 aromatic rings. The lowest BCUT2D eigenvalue weighted by atomic mass is 10.0. The lowest BCUT2D eigenvalue weighted by Crippen LogP contribution is -2.52. The van der Waals surface area contributed by atoms with Crippen LogP contribution in [0.15, 0.2) is 48.5 Å². The van der Waals surface area contributed by atoms with E-state index in [0.717, 1.165) is 11.1 Å². The molecule has 0 aromatic heterocycles. The fourth-order valence-electron chi connectivity index (χ4n) is 4.72. The van der Waals surface area contributed by atoms with Gasteiger partial charge >= 0.3 is 0 Å². The third-order valence-corrected chi connectivity index (χ3v) is 6.40. The van der Waals surface area contributed by atoms with Gasteiger partial charge in [-0.1, -0.05) is 24.3 Å². The third-order valence-electron chi connectivity index (χ3n) is 6.40. The Bertz CT molecular complexity index is 857. The maximum absolute atomic E-state index is 13.0. The van der Waals surface area contributed by atoms with Crippen molar-refractivity contribution in [2.24, 2.45) is 0 Å².